The average Bonchev–Trinajstić information content (AvgIpc) is 3.01. The van der Waals surface area contributed by atoms with E-state index >= 15 is 0 Å². The minimum absolute atomic E-state index is 0. The van der Waals surface area contributed by atoms with Crippen LogP contribution in [0.2, 0.25) is 0 Å². The number of hydrogen-bond acceptors (Lipinski definition) is 3. The van der Waals surface area contributed by atoms with Crippen LogP contribution in [0, 0.1) is 0 Å². The molecule has 3 aliphatic rings. The molecule has 2 atom stereocenters. The standard InChI is InChI=1S/C18H26N2OS.ClH/c1-20(15-10-13-7-8-14(11-15)19-13)18(21)17-9-12-5-3-2-4-6-16(12)22-17;/h9,13-15,19H,2-8,10-11H2,1H3;1H. The summed E-state index contributed by atoms with van der Waals surface area (Å²) in [6.45, 7) is 0. The van der Waals surface area contributed by atoms with Crippen LogP contribution < -0.4 is 5.32 Å². The van der Waals surface area contributed by atoms with Crippen molar-refractivity contribution in [3.8, 4) is 0 Å². The van der Waals surface area contributed by atoms with Gasteiger partial charge in [-0.25, -0.2) is 0 Å². The van der Waals surface area contributed by atoms with Gasteiger partial charge in [0.25, 0.3) is 5.91 Å². The maximum Gasteiger partial charge on any atom is 0.263 e. The van der Waals surface area contributed by atoms with Crippen LogP contribution in [-0.2, 0) is 12.8 Å². The molecular weight excluding hydrogens is 328 g/mol. The fraction of sp³-hybridized carbons (Fsp3) is 0.722. The first-order chi connectivity index (χ1) is 10.7. The van der Waals surface area contributed by atoms with Gasteiger partial charge in [0.15, 0.2) is 0 Å². The molecule has 1 aliphatic carbocycles. The predicted octanol–water partition coefficient (Wildman–Crippen LogP) is 3.79. The Hall–Kier alpha value is -0.580. The quantitative estimate of drug-likeness (QED) is 0.819. The molecule has 1 amide bonds. The van der Waals surface area contributed by atoms with Crippen LogP contribution in [0.25, 0.3) is 0 Å². The Morgan fingerprint density at radius 3 is 2.61 bits per heavy atom. The molecule has 4 rings (SSSR count). The highest BCUT2D eigenvalue weighted by Gasteiger charge is 2.36. The number of thiophene rings is 1. The van der Waals surface area contributed by atoms with Crippen molar-refractivity contribution >= 4 is 29.7 Å². The fourth-order valence-corrected chi connectivity index (χ4v) is 5.69. The summed E-state index contributed by atoms with van der Waals surface area (Å²) in [5.41, 5.74) is 1.45. The van der Waals surface area contributed by atoms with E-state index in [2.05, 4.69) is 11.4 Å². The molecule has 1 aromatic heterocycles. The van der Waals surface area contributed by atoms with E-state index < -0.39 is 0 Å². The van der Waals surface area contributed by atoms with E-state index in [1.54, 1.807) is 11.3 Å². The molecule has 128 valence electrons. The van der Waals surface area contributed by atoms with Crippen LogP contribution in [0.4, 0.5) is 0 Å². The zero-order chi connectivity index (χ0) is 15.1. The Bertz CT molecular complexity index is 538. The van der Waals surface area contributed by atoms with Crippen molar-refractivity contribution in [1.29, 1.82) is 0 Å². The molecule has 2 fully saturated rings. The Labute approximate surface area is 149 Å². The summed E-state index contributed by atoms with van der Waals surface area (Å²) in [7, 11) is 2.02. The number of halogens is 1. The van der Waals surface area contributed by atoms with Gasteiger partial charge in [-0.15, -0.1) is 23.7 Å². The van der Waals surface area contributed by atoms with Crippen molar-refractivity contribution in [2.45, 2.75) is 75.9 Å². The highest BCUT2D eigenvalue weighted by Crippen LogP contribution is 2.33. The number of amides is 1. The zero-order valence-electron chi connectivity index (χ0n) is 13.8. The first kappa shape index (κ1) is 17.2. The van der Waals surface area contributed by atoms with Crippen LogP contribution in [0.3, 0.4) is 0 Å². The van der Waals surface area contributed by atoms with E-state index in [1.807, 2.05) is 11.9 Å². The summed E-state index contributed by atoms with van der Waals surface area (Å²) in [6.07, 6.45) is 11.1. The molecule has 3 nitrogen and oxygen atoms in total. The Morgan fingerprint density at radius 2 is 1.87 bits per heavy atom. The number of piperidine rings is 1. The molecule has 0 saturated carbocycles. The Balaban J connectivity index is 0.00000156. The van der Waals surface area contributed by atoms with Gasteiger partial charge >= 0.3 is 0 Å². The van der Waals surface area contributed by atoms with Crippen molar-refractivity contribution in [3.05, 3.63) is 21.4 Å². The van der Waals surface area contributed by atoms with E-state index in [9.17, 15) is 4.79 Å². The van der Waals surface area contributed by atoms with Gasteiger partial charge in [-0.05, 0) is 63.0 Å². The van der Waals surface area contributed by atoms with Gasteiger partial charge < -0.3 is 10.2 Å². The molecule has 0 radical (unpaired) electrons. The summed E-state index contributed by atoms with van der Waals surface area (Å²) in [5.74, 6) is 0.254. The van der Waals surface area contributed by atoms with Gasteiger partial charge in [0.05, 0.1) is 4.88 Å². The maximum atomic E-state index is 12.9. The lowest BCUT2D eigenvalue weighted by molar-refractivity contribution is 0.0686. The summed E-state index contributed by atoms with van der Waals surface area (Å²) < 4.78 is 0. The van der Waals surface area contributed by atoms with E-state index in [4.69, 9.17) is 0 Å². The first-order valence-electron chi connectivity index (χ1n) is 8.85. The van der Waals surface area contributed by atoms with Crippen LogP contribution >= 0.6 is 23.7 Å². The molecule has 5 heteroatoms. The third-order valence-electron chi connectivity index (χ3n) is 5.77. The third-order valence-corrected chi connectivity index (χ3v) is 7.00. The summed E-state index contributed by atoms with van der Waals surface area (Å²) in [4.78, 5) is 17.4. The largest absolute Gasteiger partial charge is 0.338 e. The number of carbonyl (C=O) groups is 1. The molecule has 1 N–H and O–H groups in total. The predicted molar refractivity (Wildman–Crippen MR) is 97.9 cm³/mol. The molecule has 2 aliphatic heterocycles. The second-order valence-electron chi connectivity index (χ2n) is 7.30. The van der Waals surface area contributed by atoms with Crippen molar-refractivity contribution in [1.82, 2.24) is 10.2 Å². The minimum atomic E-state index is 0. The summed E-state index contributed by atoms with van der Waals surface area (Å²) in [5, 5.41) is 3.67. The van der Waals surface area contributed by atoms with Gasteiger partial charge in [0, 0.05) is 30.1 Å². The van der Waals surface area contributed by atoms with Crippen molar-refractivity contribution in [2.75, 3.05) is 7.05 Å². The second kappa shape index (κ2) is 7.12. The Kier molecular flexibility index (Phi) is 5.34. The summed E-state index contributed by atoms with van der Waals surface area (Å²) in [6, 6.07) is 3.89. The van der Waals surface area contributed by atoms with Crippen molar-refractivity contribution in [2.24, 2.45) is 0 Å². The van der Waals surface area contributed by atoms with E-state index in [0.717, 1.165) is 17.7 Å². The van der Waals surface area contributed by atoms with E-state index in [-0.39, 0.29) is 18.3 Å². The number of nitrogens with one attached hydrogen (secondary N) is 1. The van der Waals surface area contributed by atoms with Crippen LogP contribution in [0.1, 0.15) is 65.1 Å². The smallest absolute Gasteiger partial charge is 0.263 e. The highest BCUT2D eigenvalue weighted by atomic mass is 35.5. The van der Waals surface area contributed by atoms with Gasteiger partial charge in [-0.1, -0.05) is 6.42 Å². The van der Waals surface area contributed by atoms with E-state index in [0.29, 0.717) is 18.1 Å². The molecule has 3 heterocycles. The van der Waals surface area contributed by atoms with Gasteiger partial charge in [-0.2, -0.15) is 0 Å². The van der Waals surface area contributed by atoms with Crippen LogP contribution in [-0.4, -0.2) is 36.0 Å². The lowest BCUT2D eigenvalue weighted by Crippen LogP contribution is -2.48. The molecule has 2 unspecified atom stereocenters. The van der Waals surface area contributed by atoms with Gasteiger partial charge in [0.2, 0.25) is 0 Å². The van der Waals surface area contributed by atoms with Gasteiger partial charge in [-0.3, -0.25) is 4.79 Å². The number of nitrogens with zero attached hydrogens (tertiary/aromatic N) is 1. The van der Waals surface area contributed by atoms with Crippen LogP contribution in [0.5, 0.6) is 0 Å². The van der Waals surface area contributed by atoms with Crippen molar-refractivity contribution in [3.63, 3.8) is 0 Å². The number of rotatable bonds is 2. The lowest BCUT2D eigenvalue weighted by Gasteiger charge is -2.35. The average molecular weight is 355 g/mol. The SMILES string of the molecule is CN(C(=O)c1cc2c(s1)CCCCC2)C1CC2CCC(C1)N2.Cl. The minimum Gasteiger partial charge on any atom is -0.338 e. The highest BCUT2D eigenvalue weighted by molar-refractivity contribution is 7.14. The number of hydrogen-bond donors (Lipinski definition) is 1. The maximum absolute atomic E-state index is 12.9. The lowest BCUT2D eigenvalue weighted by atomic mass is 9.98. The Morgan fingerprint density at radius 1 is 1.17 bits per heavy atom. The second-order valence-corrected chi connectivity index (χ2v) is 8.44. The molecule has 2 saturated heterocycles. The van der Waals surface area contributed by atoms with Gasteiger partial charge in [0.1, 0.15) is 0 Å². The normalized spacial score (nSPS) is 29.3. The molecule has 2 bridgehead atoms. The number of carbonyl (C=O) groups excluding carboxylic acids is 1. The summed E-state index contributed by atoms with van der Waals surface area (Å²) >= 11 is 1.76. The van der Waals surface area contributed by atoms with Crippen LogP contribution in [0.15, 0.2) is 6.07 Å². The van der Waals surface area contributed by atoms with E-state index in [1.165, 1.54) is 55.4 Å². The molecular formula is C18H27ClN2OS. The first-order valence-corrected chi connectivity index (χ1v) is 9.67. The zero-order valence-corrected chi connectivity index (χ0v) is 15.5. The molecule has 23 heavy (non-hydrogen) atoms. The third kappa shape index (κ3) is 3.45. The number of fused-ring (bicyclic) bond motifs is 3. The molecule has 0 aromatic carbocycles. The topological polar surface area (TPSA) is 32.3 Å². The molecule has 1 aromatic rings. The monoisotopic (exact) mass is 354 g/mol. The number of aryl methyl sites for hydroxylation is 2. The fourth-order valence-electron chi connectivity index (χ4n) is 4.46. The molecule has 0 spiro atoms. The van der Waals surface area contributed by atoms with Crippen molar-refractivity contribution < 1.29 is 4.79 Å².